The molecule has 26 heavy (non-hydrogen) atoms. The van der Waals surface area contributed by atoms with E-state index in [1.807, 2.05) is 0 Å². The largest absolute Gasteiger partial charge is 0.412 e. The first-order chi connectivity index (χ1) is 12.6. The predicted molar refractivity (Wildman–Crippen MR) is 92.9 cm³/mol. The molecule has 2 fully saturated rings. The summed E-state index contributed by atoms with van der Waals surface area (Å²) in [5.74, 6) is -0.0807. The van der Waals surface area contributed by atoms with Crippen LogP contribution in [0.4, 0.5) is 0 Å². The average molecular weight is 376 g/mol. The van der Waals surface area contributed by atoms with Gasteiger partial charge in [0.25, 0.3) is 0 Å². The van der Waals surface area contributed by atoms with Gasteiger partial charge >= 0.3 is 11.8 Å². The Kier molecular flexibility index (Phi) is 4.49. The molecule has 8 nitrogen and oxygen atoms in total. The fourth-order valence-corrected chi connectivity index (χ4v) is 4.85. The fourth-order valence-electron chi connectivity index (χ4n) is 3.33. The van der Waals surface area contributed by atoms with Crippen molar-refractivity contribution in [1.82, 2.24) is 19.4 Å². The molecule has 1 aromatic heterocycles. The third-order valence-electron chi connectivity index (χ3n) is 4.81. The molecule has 1 amide bonds. The topological polar surface area (TPSA) is 96.6 Å². The molecular formula is C17H20N4O4S. The van der Waals surface area contributed by atoms with Crippen LogP contribution in [0.5, 0.6) is 0 Å². The summed E-state index contributed by atoms with van der Waals surface area (Å²) in [6.07, 6.45) is 3.76. The molecule has 0 radical (unpaired) electrons. The highest BCUT2D eigenvalue weighted by Crippen LogP contribution is 2.24. The van der Waals surface area contributed by atoms with Crippen molar-refractivity contribution in [2.24, 2.45) is 0 Å². The van der Waals surface area contributed by atoms with Gasteiger partial charge < -0.3 is 9.32 Å². The van der Waals surface area contributed by atoms with Crippen LogP contribution in [0.1, 0.15) is 36.4 Å². The number of sulfonamides is 1. The van der Waals surface area contributed by atoms with Crippen molar-refractivity contribution in [2.45, 2.75) is 30.6 Å². The Balaban J connectivity index is 1.53. The Morgan fingerprint density at radius 1 is 0.923 bits per heavy atom. The fraction of sp³-hybridized carbons (Fsp3) is 0.471. The second-order valence-electron chi connectivity index (χ2n) is 6.55. The first kappa shape index (κ1) is 17.2. The molecule has 4 rings (SSSR count). The zero-order chi connectivity index (χ0) is 18.1. The minimum atomic E-state index is -3.45. The van der Waals surface area contributed by atoms with E-state index in [4.69, 9.17) is 4.42 Å². The van der Waals surface area contributed by atoms with E-state index in [0.717, 1.165) is 25.7 Å². The molecule has 0 spiro atoms. The molecule has 2 aliphatic rings. The van der Waals surface area contributed by atoms with Crippen molar-refractivity contribution in [3.8, 4) is 11.5 Å². The summed E-state index contributed by atoms with van der Waals surface area (Å²) in [6, 6.07) is 6.32. The van der Waals surface area contributed by atoms with Crippen LogP contribution in [0.25, 0.3) is 11.5 Å². The molecule has 0 unspecified atom stereocenters. The lowest BCUT2D eigenvalue weighted by Gasteiger charge is -2.15. The SMILES string of the molecule is O=C(c1nnc(-c2ccc(S(=O)(=O)N3CCCC3)cc2)o1)N1CCCC1. The van der Waals surface area contributed by atoms with Gasteiger partial charge in [0.15, 0.2) is 0 Å². The van der Waals surface area contributed by atoms with E-state index in [9.17, 15) is 13.2 Å². The van der Waals surface area contributed by atoms with Gasteiger partial charge in [-0.3, -0.25) is 4.79 Å². The van der Waals surface area contributed by atoms with Gasteiger partial charge in [-0.2, -0.15) is 4.31 Å². The van der Waals surface area contributed by atoms with E-state index in [-0.39, 0.29) is 22.6 Å². The second kappa shape index (κ2) is 6.81. The molecule has 1 aromatic carbocycles. The number of carbonyl (C=O) groups excluding carboxylic acids is 1. The van der Waals surface area contributed by atoms with Crippen LogP contribution in [0.15, 0.2) is 33.6 Å². The average Bonchev–Trinajstić information content (AvgIpc) is 3.44. The molecule has 2 aliphatic heterocycles. The van der Waals surface area contributed by atoms with Gasteiger partial charge in [-0.1, -0.05) is 0 Å². The Morgan fingerprint density at radius 3 is 2.19 bits per heavy atom. The standard InChI is InChI=1S/C17H20N4O4S/c22-17(20-9-1-2-10-20)16-19-18-15(25-16)13-5-7-14(8-6-13)26(23,24)21-11-3-4-12-21/h5-8H,1-4,9-12H2. The molecule has 2 saturated heterocycles. The van der Waals surface area contributed by atoms with Gasteiger partial charge in [-0.15, -0.1) is 10.2 Å². The summed E-state index contributed by atoms with van der Waals surface area (Å²) in [7, 11) is -3.45. The quantitative estimate of drug-likeness (QED) is 0.807. The smallest absolute Gasteiger partial charge is 0.311 e. The van der Waals surface area contributed by atoms with Gasteiger partial charge in [-0.25, -0.2) is 8.42 Å². The maximum Gasteiger partial charge on any atom is 0.311 e. The summed E-state index contributed by atoms with van der Waals surface area (Å²) in [6.45, 7) is 2.55. The number of hydrogen-bond donors (Lipinski definition) is 0. The molecule has 0 aliphatic carbocycles. The van der Waals surface area contributed by atoms with Crippen LogP contribution in [0.2, 0.25) is 0 Å². The number of hydrogen-bond acceptors (Lipinski definition) is 6. The van der Waals surface area contributed by atoms with E-state index in [1.165, 1.54) is 16.4 Å². The number of carbonyl (C=O) groups is 1. The molecule has 138 valence electrons. The number of likely N-dealkylation sites (tertiary alicyclic amines) is 1. The van der Waals surface area contributed by atoms with Gasteiger partial charge in [0.2, 0.25) is 15.9 Å². The summed E-state index contributed by atoms with van der Waals surface area (Å²) >= 11 is 0. The van der Waals surface area contributed by atoms with E-state index >= 15 is 0 Å². The zero-order valence-corrected chi connectivity index (χ0v) is 15.1. The van der Waals surface area contributed by atoms with Crippen molar-refractivity contribution < 1.29 is 17.6 Å². The molecule has 9 heteroatoms. The van der Waals surface area contributed by atoms with Crippen LogP contribution < -0.4 is 0 Å². The van der Waals surface area contributed by atoms with Crippen LogP contribution in [0.3, 0.4) is 0 Å². The predicted octanol–water partition coefficient (Wildman–Crippen LogP) is 1.76. The van der Waals surface area contributed by atoms with Crippen LogP contribution in [-0.4, -0.2) is 59.9 Å². The van der Waals surface area contributed by atoms with Gasteiger partial charge in [0.1, 0.15) is 0 Å². The molecule has 0 bridgehead atoms. The lowest BCUT2D eigenvalue weighted by atomic mass is 10.2. The highest BCUT2D eigenvalue weighted by molar-refractivity contribution is 7.89. The summed E-state index contributed by atoms with van der Waals surface area (Å²) in [4.78, 5) is 14.2. The van der Waals surface area contributed by atoms with Gasteiger partial charge in [0.05, 0.1) is 4.90 Å². The second-order valence-corrected chi connectivity index (χ2v) is 8.49. The highest BCUT2D eigenvalue weighted by atomic mass is 32.2. The maximum atomic E-state index is 12.5. The molecular weight excluding hydrogens is 356 g/mol. The number of nitrogens with zero attached hydrogens (tertiary/aromatic N) is 4. The monoisotopic (exact) mass is 376 g/mol. The first-order valence-corrected chi connectivity index (χ1v) is 10.2. The lowest BCUT2D eigenvalue weighted by Crippen LogP contribution is -2.27. The molecule has 2 aromatic rings. The maximum absolute atomic E-state index is 12.5. The van der Waals surface area contributed by atoms with Crippen molar-refractivity contribution in [1.29, 1.82) is 0 Å². The van der Waals surface area contributed by atoms with Crippen LogP contribution in [-0.2, 0) is 10.0 Å². The number of amides is 1. The van der Waals surface area contributed by atoms with Crippen molar-refractivity contribution in [2.75, 3.05) is 26.2 Å². The Hall–Kier alpha value is -2.26. The number of aromatic nitrogens is 2. The Labute approximate surface area is 151 Å². The van der Waals surface area contributed by atoms with Crippen LogP contribution in [0, 0.1) is 0 Å². The molecule has 0 saturated carbocycles. The first-order valence-electron chi connectivity index (χ1n) is 8.79. The minimum absolute atomic E-state index is 0.0318. The van der Waals surface area contributed by atoms with Gasteiger partial charge in [-0.05, 0) is 49.9 Å². The highest BCUT2D eigenvalue weighted by Gasteiger charge is 2.28. The van der Waals surface area contributed by atoms with E-state index < -0.39 is 10.0 Å². The van der Waals surface area contributed by atoms with Crippen LogP contribution >= 0.6 is 0 Å². The normalized spacial score (nSPS) is 18.5. The number of rotatable bonds is 4. The zero-order valence-electron chi connectivity index (χ0n) is 14.3. The van der Waals surface area contributed by atoms with Crippen molar-refractivity contribution >= 4 is 15.9 Å². The third-order valence-corrected chi connectivity index (χ3v) is 6.72. The van der Waals surface area contributed by atoms with Crippen molar-refractivity contribution in [3.63, 3.8) is 0 Å². The molecule has 0 atom stereocenters. The summed E-state index contributed by atoms with van der Waals surface area (Å²) in [5, 5.41) is 7.76. The molecule has 3 heterocycles. The van der Waals surface area contributed by atoms with E-state index in [0.29, 0.717) is 31.7 Å². The lowest BCUT2D eigenvalue weighted by molar-refractivity contribution is 0.0754. The molecule has 0 N–H and O–H groups in total. The Morgan fingerprint density at radius 2 is 1.54 bits per heavy atom. The third kappa shape index (κ3) is 3.12. The van der Waals surface area contributed by atoms with Crippen molar-refractivity contribution in [3.05, 3.63) is 30.2 Å². The summed E-state index contributed by atoms with van der Waals surface area (Å²) in [5.41, 5.74) is 0.582. The minimum Gasteiger partial charge on any atom is -0.412 e. The number of benzene rings is 1. The Bertz CT molecular complexity index is 895. The van der Waals surface area contributed by atoms with E-state index in [2.05, 4.69) is 10.2 Å². The van der Waals surface area contributed by atoms with Gasteiger partial charge in [0, 0.05) is 31.7 Å². The van der Waals surface area contributed by atoms with E-state index in [1.54, 1.807) is 17.0 Å². The summed E-state index contributed by atoms with van der Waals surface area (Å²) < 4.78 is 32.1.